The van der Waals surface area contributed by atoms with Crippen molar-refractivity contribution in [3.05, 3.63) is 0 Å². The molecule has 2 fully saturated rings. The molecule has 1 heterocycles. The monoisotopic (exact) mass is 288 g/mol. The minimum atomic E-state index is -3.04. The van der Waals surface area contributed by atoms with Crippen molar-refractivity contribution >= 4 is 10.0 Å². The second kappa shape index (κ2) is 6.55. The molecule has 0 bridgehead atoms. The summed E-state index contributed by atoms with van der Waals surface area (Å²) in [5.41, 5.74) is 0.478. The van der Waals surface area contributed by atoms with Gasteiger partial charge in [-0.25, -0.2) is 12.7 Å². The molecule has 1 spiro atoms. The van der Waals surface area contributed by atoms with Crippen LogP contribution in [0.4, 0.5) is 0 Å². The normalized spacial score (nSPS) is 24.7. The molecule has 2 aliphatic rings. The Labute approximate surface area is 118 Å². The Kier molecular flexibility index (Phi) is 5.26. The first kappa shape index (κ1) is 15.3. The van der Waals surface area contributed by atoms with Gasteiger partial charge in [0, 0.05) is 19.6 Å². The zero-order valence-electron chi connectivity index (χ0n) is 12.2. The Bertz CT molecular complexity index is 365. The van der Waals surface area contributed by atoms with Gasteiger partial charge in [0.1, 0.15) is 0 Å². The van der Waals surface area contributed by atoms with E-state index >= 15 is 0 Å². The van der Waals surface area contributed by atoms with Crippen molar-refractivity contribution in [3.8, 4) is 0 Å². The van der Waals surface area contributed by atoms with Gasteiger partial charge >= 0.3 is 0 Å². The van der Waals surface area contributed by atoms with E-state index in [9.17, 15) is 8.42 Å². The minimum Gasteiger partial charge on any atom is -0.316 e. The van der Waals surface area contributed by atoms with Crippen LogP contribution in [-0.2, 0) is 10.0 Å². The molecular weight excluding hydrogens is 260 g/mol. The third kappa shape index (κ3) is 3.92. The summed E-state index contributed by atoms with van der Waals surface area (Å²) >= 11 is 0. The molecule has 1 aliphatic heterocycles. The molecular formula is C14H28N2O2S. The average molecular weight is 288 g/mol. The second-order valence-electron chi connectivity index (χ2n) is 6.13. The summed E-state index contributed by atoms with van der Waals surface area (Å²) in [5.74, 6) is 0.244. The number of piperidine rings is 1. The van der Waals surface area contributed by atoms with Gasteiger partial charge in [-0.05, 0) is 37.6 Å². The first-order valence-corrected chi connectivity index (χ1v) is 9.37. The van der Waals surface area contributed by atoms with Gasteiger partial charge in [0.25, 0.3) is 0 Å². The molecule has 112 valence electrons. The van der Waals surface area contributed by atoms with Crippen molar-refractivity contribution in [3.63, 3.8) is 0 Å². The van der Waals surface area contributed by atoms with Crippen LogP contribution in [0.15, 0.2) is 0 Å². The molecule has 0 atom stereocenters. The van der Waals surface area contributed by atoms with Crippen molar-refractivity contribution in [2.24, 2.45) is 5.41 Å². The molecule has 1 aliphatic carbocycles. The van der Waals surface area contributed by atoms with E-state index in [4.69, 9.17) is 0 Å². The second-order valence-corrected chi connectivity index (χ2v) is 8.22. The van der Waals surface area contributed by atoms with Gasteiger partial charge in [0.15, 0.2) is 0 Å². The van der Waals surface area contributed by atoms with E-state index in [1.807, 2.05) is 6.92 Å². The van der Waals surface area contributed by atoms with Gasteiger partial charge in [-0.3, -0.25) is 0 Å². The van der Waals surface area contributed by atoms with E-state index in [0.29, 0.717) is 12.0 Å². The summed E-state index contributed by atoms with van der Waals surface area (Å²) in [4.78, 5) is 0. The highest BCUT2D eigenvalue weighted by Gasteiger charge is 2.38. The van der Waals surface area contributed by atoms with Crippen molar-refractivity contribution in [2.45, 2.75) is 51.9 Å². The molecule has 4 nitrogen and oxygen atoms in total. The molecule has 0 unspecified atom stereocenters. The third-order valence-corrected chi connectivity index (χ3v) is 6.75. The maximum Gasteiger partial charge on any atom is 0.215 e. The molecule has 0 aromatic rings. The first-order valence-electron chi connectivity index (χ1n) is 7.77. The maximum atomic E-state index is 12.2. The quantitative estimate of drug-likeness (QED) is 0.787. The molecule has 1 saturated heterocycles. The predicted octanol–water partition coefficient (Wildman–Crippen LogP) is 1.97. The number of hydrogen-bond donors (Lipinski definition) is 1. The molecule has 0 aromatic carbocycles. The average Bonchev–Trinajstić information content (AvgIpc) is 2.40. The van der Waals surface area contributed by atoms with E-state index < -0.39 is 10.0 Å². The van der Waals surface area contributed by atoms with Gasteiger partial charge in [0.05, 0.1) is 5.75 Å². The number of sulfonamides is 1. The van der Waals surface area contributed by atoms with E-state index in [1.165, 1.54) is 32.1 Å². The fourth-order valence-corrected chi connectivity index (χ4v) is 4.95. The fraction of sp³-hybridized carbons (Fsp3) is 1.00. The molecule has 5 heteroatoms. The number of rotatable bonds is 5. The summed E-state index contributed by atoms with van der Waals surface area (Å²) < 4.78 is 26.2. The molecule has 2 rings (SSSR count). The highest BCUT2D eigenvalue weighted by molar-refractivity contribution is 7.89. The van der Waals surface area contributed by atoms with Gasteiger partial charge < -0.3 is 5.32 Å². The molecule has 1 N–H and O–H groups in total. The Morgan fingerprint density at radius 3 is 2.26 bits per heavy atom. The van der Waals surface area contributed by atoms with Crippen molar-refractivity contribution in [1.29, 1.82) is 0 Å². The fourth-order valence-electron chi connectivity index (χ4n) is 3.55. The topological polar surface area (TPSA) is 49.4 Å². The minimum absolute atomic E-state index is 0.244. The lowest BCUT2D eigenvalue weighted by atomic mass is 9.68. The van der Waals surface area contributed by atoms with Gasteiger partial charge in [-0.1, -0.05) is 26.2 Å². The molecule has 1 saturated carbocycles. The zero-order valence-corrected chi connectivity index (χ0v) is 13.0. The van der Waals surface area contributed by atoms with Crippen LogP contribution >= 0.6 is 0 Å². The van der Waals surface area contributed by atoms with Crippen LogP contribution in [0, 0.1) is 5.41 Å². The summed E-state index contributed by atoms with van der Waals surface area (Å²) in [6.45, 7) is 4.89. The molecule has 19 heavy (non-hydrogen) atoms. The predicted molar refractivity (Wildman–Crippen MR) is 78.7 cm³/mol. The lowest BCUT2D eigenvalue weighted by Gasteiger charge is -2.43. The van der Waals surface area contributed by atoms with Crippen molar-refractivity contribution in [2.75, 3.05) is 31.9 Å². The SMILES string of the molecule is CCNCCS(=O)(=O)N1CCC2(CCCCC2)CC1. The highest BCUT2D eigenvalue weighted by atomic mass is 32.2. The van der Waals surface area contributed by atoms with Crippen molar-refractivity contribution < 1.29 is 8.42 Å². The van der Waals surface area contributed by atoms with Crippen LogP contribution in [0.2, 0.25) is 0 Å². The smallest absolute Gasteiger partial charge is 0.215 e. The number of nitrogens with zero attached hydrogens (tertiary/aromatic N) is 1. The molecule has 0 radical (unpaired) electrons. The van der Waals surface area contributed by atoms with E-state index in [2.05, 4.69) is 5.32 Å². The maximum absolute atomic E-state index is 12.2. The van der Waals surface area contributed by atoms with E-state index in [1.54, 1.807) is 4.31 Å². The van der Waals surface area contributed by atoms with Crippen molar-refractivity contribution in [1.82, 2.24) is 9.62 Å². The van der Waals surface area contributed by atoms with E-state index in [-0.39, 0.29) is 5.75 Å². The lowest BCUT2D eigenvalue weighted by Crippen LogP contribution is -2.45. The summed E-state index contributed by atoms with van der Waals surface area (Å²) in [7, 11) is -3.04. The Balaban J connectivity index is 1.84. The molecule has 0 amide bonds. The van der Waals surface area contributed by atoms with Gasteiger partial charge in [0.2, 0.25) is 10.0 Å². The Hall–Kier alpha value is -0.130. The number of hydrogen-bond acceptors (Lipinski definition) is 3. The van der Waals surface area contributed by atoms with Crippen LogP contribution in [0.5, 0.6) is 0 Å². The lowest BCUT2D eigenvalue weighted by molar-refractivity contribution is 0.102. The molecule has 0 aromatic heterocycles. The highest BCUT2D eigenvalue weighted by Crippen LogP contribution is 2.44. The van der Waals surface area contributed by atoms with Crippen LogP contribution in [0.25, 0.3) is 0 Å². The standard InChI is InChI=1S/C14H28N2O2S/c1-2-15-10-13-19(17,18)16-11-8-14(9-12-16)6-4-3-5-7-14/h15H,2-13H2,1H3. The first-order chi connectivity index (χ1) is 9.08. The Morgan fingerprint density at radius 1 is 1.05 bits per heavy atom. The largest absolute Gasteiger partial charge is 0.316 e. The van der Waals surface area contributed by atoms with Crippen LogP contribution < -0.4 is 5.32 Å². The van der Waals surface area contributed by atoms with Crippen LogP contribution in [0.1, 0.15) is 51.9 Å². The third-order valence-electron chi connectivity index (χ3n) is 4.88. The summed E-state index contributed by atoms with van der Waals surface area (Å²) in [5, 5.41) is 3.09. The zero-order chi connectivity index (χ0) is 13.8. The summed E-state index contributed by atoms with van der Waals surface area (Å²) in [6.07, 6.45) is 8.84. The van der Waals surface area contributed by atoms with Gasteiger partial charge in [-0.2, -0.15) is 0 Å². The van der Waals surface area contributed by atoms with E-state index in [0.717, 1.165) is 32.5 Å². The van der Waals surface area contributed by atoms with Crippen LogP contribution in [-0.4, -0.2) is 44.7 Å². The summed E-state index contributed by atoms with van der Waals surface area (Å²) in [6, 6.07) is 0. The van der Waals surface area contributed by atoms with Crippen LogP contribution in [0.3, 0.4) is 0 Å². The Morgan fingerprint density at radius 2 is 1.68 bits per heavy atom. The number of nitrogens with one attached hydrogen (secondary N) is 1. The van der Waals surface area contributed by atoms with Gasteiger partial charge in [-0.15, -0.1) is 0 Å².